The van der Waals surface area contributed by atoms with Crippen molar-refractivity contribution in [3.63, 3.8) is 0 Å². The van der Waals surface area contributed by atoms with E-state index in [1.54, 1.807) is 0 Å². The van der Waals surface area contributed by atoms with E-state index in [1.807, 2.05) is 7.05 Å². The lowest BCUT2D eigenvalue weighted by atomic mass is 9.93. The molecule has 1 amide bonds. The van der Waals surface area contributed by atoms with Crippen molar-refractivity contribution in [1.82, 2.24) is 10.6 Å². The van der Waals surface area contributed by atoms with Crippen LogP contribution in [0.4, 0.5) is 0 Å². The number of carbonyl (C=O) groups excluding carboxylic acids is 1. The van der Waals surface area contributed by atoms with Gasteiger partial charge < -0.3 is 15.4 Å². The minimum Gasteiger partial charge on any atom is -0.368 e. The van der Waals surface area contributed by atoms with Crippen LogP contribution in [0.25, 0.3) is 0 Å². The number of carbonyl (C=O) groups is 1. The van der Waals surface area contributed by atoms with Crippen LogP contribution in [-0.4, -0.2) is 38.3 Å². The van der Waals surface area contributed by atoms with Gasteiger partial charge in [-0.05, 0) is 45.1 Å². The Balaban J connectivity index is 2.04. The SMILES string of the molecule is CNC1CCC(OCC(=O)NCCC(C)C)CC1. The van der Waals surface area contributed by atoms with Gasteiger partial charge in [0.15, 0.2) is 0 Å². The summed E-state index contributed by atoms with van der Waals surface area (Å²) in [6.45, 7) is 5.28. The molecule has 4 heteroatoms. The molecule has 2 N–H and O–H groups in total. The first kappa shape index (κ1) is 15.4. The average molecular weight is 256 g/mol. The van der Waals surface area contributed by atoms with E-state index in [-0.39, 0.29) is 18.6 Å². The molecular weight excluding hydrogens is 228 g/mol. The van der Waals surface area contributed by atoms with Crippen LogP contribution in [0.2, 0.25) is 0 Å². The van der Waals surface area contributed by atoms with Crippen LogP contribution in [-0.2, 0) is 9.53 Å². The van der Waals surface area contributed by atoms with E-state index in [0.29, 0.717) is 12.0 Å². The van der Waals surface area contributed by atoms with Gasteiger partial charge in [0.2, 0.25) is 5.91 Å². The summed E-state index contributed by atoms with van der Waals surface area (Å²) in [5.74, 6) is 0.648. The van der Waals surface area contributed by atoms with Crippen LogP contribution in [0.15, 0.2) is 0 Å². The highest BCUT2D eigenvalue weighted by Crippen LogP contribution is 2.20. The molecule has 0 aromatic carbocycles. The van der Waals surface area contributed by atoms with E-state index in [2.05, 4.69) is 24.5 Å². The van der Waals surface area contributed by atoms with Crippen molar-refractivity contribution in [2.24, 2.45) is 5.92 Å². The van der Waals surface area contributed by atoms with Gasteiger partial charge in [-0.2, -0.15) is 0 Å². The average Bonchev–Trinajstić information content (AvgIpc) is 2.36. The van der Waals surface area contributed by atoms with Crippen molar-refractivity contribution in [2.75, 3.05) is 20.2 Å². The van der Waals surface area contributed by atoms with Crippen LogP contribution in [0.5, 0.6) is 0 Å². The standard InChI is InChI=1S/C14H28N2O2/c1-11(2)8-9-16-14(17)10-18-13-6-4-12(15-3)5-7-13/h11-13,15H,4-10H2,1-3H3,(H,16,17). The first-order valence-corrected chi connectivity index (χ1v) is 7.17. The fourth-order valence-electron chi connectivity index (χ4n) is 2.26. The van der Waals surface area contributed by atoms with Gasteiger partial charge in [-0.3, -0.25) is 4.79 Å². The second-order valence-corrected chi connectivity index (χ2v) is 5.61. The molecule has 0 bridgehead atoms. The largest absolute Gasteiger partial charge is 0.368 e. The molecule has 0 aromatic rings. The number of nitrogens with one attached hydrogen (secondary N) is 2. The fraction of sp³-hybridized carbons (Fsp3) is 0.929. The predicted octanol–water partition coefficient (Wildman–Crippen LogP) is 1.70. The molecule has 0 aromatic heterocycles. The fourth-order valence-corrected chi connectivity index (χ4v) is 2.26. The van der Waals surface area contributed by atoms with Crippen LogP contribution < -0.4 is 10.6 Å². The molecule has 0 saturated heterocycles. The van der Waals surface area contributed by atoms with Crippen molar-refractivity contribution < 1.29 is 9.53 Å². The van der Waals surface area contributed by atoms with E-state index in [9.17, 15) is 4.79 Å². The molecule has 1 aliphatic rings. The Hall–Kier alpha value is -0.610. The van der Waals surface area contributed by atoms with Crippen molar-refractivity contribution in [3.05, 3.63) is 0 Å². The lowest BCUT2D eigenvalue weighted by Crippen LogP contribution is -2.35. The third-order valence-electron chi connectivity index (χ3n) is 3.58. The third-order valence-corrected chi connectivity index (χ3v) is 3.58. The van der Waals surface area contributed by atoms with Gasteiger partial charge in [0, 0.05) is 12.6 Å². The molecule has 0 unspecified atom stereocenters. The number of rotatable bonds is 7. The van der Waals surface area contributed by atoms with Crippen molar-refractivity contribution in [3.8, 4) is 0 Å². The number of ether oxygens (including phenoxy) is 1. The predicted molar refractivity (Wildman–Crippen MR) is 73.5 cm³/mol. The highest BCUT2D eigenvalue weighted by atomic mass is 16.5. The Morgan fingerprint density at radius 3 is 2.50 bits per heavy atom. The molecule has 0 aliphatic heterocycles. The molecule has 0 radical (unpaired) electrons. The molecule has 1 rings (SSSR count). The van der Waals surface area contributed by atoms with Crippen molar-refractivity contribution in [1.29, 1.82) is 0 Å². The van der Waals surface area contributed by atoms with Crippen molar-refractivity contribution in [2.45, 2.75) is 58.1 Å². The molecule has 106 valence electrons. The van der Waals surface area contributed by atoms with Crippen LogP contribution >= 0.6 is 0 Å². The summed E-state index contributed by atoms with van der Waals surface area (Å²) in [7, 11) is 2.01. The van der Waals surface area contributed by atoms with Gasteiger partial charge in [0.1, 0.15) is 6.61 Å². The van der Waals surface area contributed by atoms with Gasteiger partial charge in [-0.1, -0.05) is 13.8 Å². The molecule has 4 nitrogen and oxygen atoms in total. The quantitative estimate of drug-likeness (QED) is 0.729. The third kappa shape index (κ3) is 6.36. The van der Waals surface area contributed by atoms with E-state index >= 15 is 0 Å². The summed E-state index contributed by atoms with van der Waals surface area (Å²) < 4.78 is 5.66. The van der Waals surface area contributed by atoms with Gasteiger partial charge in [-0.15, -0.1) is 0 Å². The summed E-state index contributed by atoms with van der Waals surface area (Å²) in [5, 5.41) is 6.19. The van der Waals surface area contributed by atoms with Gasteiger partial charge in [0.05, 0.1) is 6.10 Å². The van der Waals surface area contributed by atoms with E-state index in [4.69, 9.17) is 4.74 Å². The summed E-state index contributed by atoms with van der Waals surface area (Å²) in [6, 6.07) is 0.629. The van der Waals surface area contributed by atoms with Crippen LogP contribution in [0, 0.1) is 5.92 Å². The summed E-state index contributed by atoms with van der Waals surface area (Å²) in [5.41, 5.74) is 0. The zero-order chi connectivity index (χ0) is 13.4. The lowest BCUT2D eigenvalue weighted by molar-refractivity contribution is -0.128. The topological polar surface area (TPSA) is 50.4 Å². The maximum atomic E-state index is 11.5. The Labute approximate surface area is 111 Å². The zero-order valence-electron chi connectivity index (χ0n) is 12.0. The van der Waals surface area contributed by atoms with Gasteiger partial charge in [0.25, 0.3) is 0 Å². The van der Waals surface area contributed by atoms with Gasteiger partial charge in [-0.25, -0.2) is 0 Å². The Morgan fingerprint density at radius 2 is 1.94 bits per heavy atom. The van der Waals surface area contributed by atoms with E-state index < -0.39 is 0 Å². The molecule has 0 spiro atoms. The smallest absolute Gasteiger partial charge is 0.246 e. The molecule has 1 saturated carbocycles. The highest BCUT2D eigenvalue weighted by molar-refractivity contribution is 5.77. The Morgan fingerprint density at radius 1 is 1.28 bits per heavy atom. The number of amides is 1. The summed E-state index contributed by atoms with van der Waals surface area (Å²) >= 11 is 0. The van der Waals surface area contributed by atoms with Crippen LogP contribution in [0.3, 0.4) is 0 Å². The maximum Gasteiger partial charge on any atom is 0.246 e. The molecular formula is C14H28N2O2. The molecule has 18 heavy (non-hydrogen) atoms. The summed E-state index contributed by atoms with van der Waals surface area (Å²) in [4.78, 5) is 11.5. The summed E-state index contributed by atoms with van der Waals surface area (Å²) in [6.07, 6.45) is 5.71. The normalized spacial score (nSPS) is 24.2. The first-order chi connectivity index (χ1) is 8.61. The minimum atomic E-state index is 0.0198. The van der Waals surface area contributed by atoms with E-state index in [0.717, 1.165) is 38.6 Å². The monoisotopic (exact) mass is 256 g/mol. The van der Waals surface area contributed by atoms with E-state index in [1.165, 1.54) is 0 Å². The maximum absolute atomic E-state index is 11.5. The second kappa shape index (κ2) is 8.48. The Bertz CT molecular complexity index is 236. The molecule has 0 heterocycles. The highest BCUT2D eigenvalue weighted by Gasteiger charge is 2.20. The number of hydrogen-bond donors (Lipinski definition) is 2. The lowest BCUT2D eigenvalue weighted by Gasteiger charge is -2.28. The minimum absolute atomic E-state index is 0.0198. The van der Waals surface area contributed by atoms with Crippen LogP contribution in [0.1, 0.15) is 46.0 Å². The molecule has 1 aliphatic carbocycles. The first-order valence-electron chi connectivity index (χ1n) is 7.17. The number of hydrogen-bond acceptors (Lipinski definition) is 3. The molecule has 1 fully saturated rings. The second-order valence-electron chi connectivity index (χ2n) is 5.61. The van der Waals surface area contributed by atoms with Crippen molar-refractivity contribution >= 4 is 5.91 Å². The zero-order valence-corrected chi connectivity index (χ0v) is 12.0. The Kier molecular flexibility index (Phi) is 7.28. The van der Waals surface area contributed by atoms with Gasteiger partial charge >= 0.3 is 0 Å². The molecule has 0 atom stereocenters.